The molecular formula is C14H20N4. The van der Waals surface area contributed by atoms with Crippen LogP contribution in [0.25, 0.3) is 5.69 Å². The number of hydrogen-bond acceptors (Lipinski definition) is 3. The van der Waals surface area contributed by atoms with Crippen LogP contribution in [-0.2, 0) is 6.54 Å². The van der Waals surface area contributed by atoms with Gasteiger partial charge in [0.05, 0.1) is 17.6 Å². The number of benzene rings is 1. The molecule has 1 aromatic carbocycles. The van der Waals surface area contributed by atoms with Crippen LogP contribution in [0, 0.1) is 0 Å². The zero-order chi connectivity index (χ0) is 13.0. The van der Waals surface area contributed by atoms with E-state index >= 15 is 0 Å². The molecule has 96 valence electrons. The van der Waals surface area contributed by atoms with Crippen LogP contribution in [0.15, 0.2) is 30.5 Å². The highest BCUT2D eigenvalue weighted by Gasteiger charge is 2.03. The van der Waals surface area contributed by atoms with Gasteiger partial charge in [-0.25, -0.2) is 4.68 Å². The van der Waals surface area contributed by atoms with Crippen LogP contribution in [0.3, 0.4) is 0 Å². The van der Waals surface area contributed by atoms with Gasteiger partial charge >= 0.3 is 0 Å². The third kappa shape index (κ3) is 2.96. The van der Waals surface area contributed by atoms with Gasteiger partial charge in [0.15, 0.2) is 0 Å². The molecule has 0 fully saturated rings. The lowest BCUT2D eigenvalue weighted by atomic mass is 10.0. The first-order valence-corrected chi connectivity index (χ1v) is 6.43. The molecule has 1 N–H and O–H groups in total. The van der Waals surface area contributed by atoms with Crippen molar-refractivity contribution in [3.05, 3.63) is 41.7 Å². The second-order valence-corrected chi connectivity index (χ2v) is 4.68. The monoisotopic (exact) mass is 244 g/mol. The minimum Gasteiger partial charge on any atom is -0.311 e. The second-order valence-electron chi connectivity index (χ2n) is 4.68. The summed E-state index contributed by atoms with van der Waals surface area (Å²) in [5.41, 5.74) is 3.35. The van der Waals surface area contributed by atoms with E-state index in [1.165, 1.54) is 5.56 Å². The predicted molar refractivity (Wildman–Crippen MR) is 72.8 cm³/mol. The van der Waals surface area contributed by atoms with E-state index in [1.54, 1.807) is 0 Å². The Morgan fingerprint density at radius 3 is 2.56 bits per heavy atom. The number of rotatable bonds is 5. The first-order chi connectivity index (χ1) is 8.70. The average molecular weight is 244 g/mol. The van der Waals surface area contributed by atoms with Crippen LogP contribution in [-0.4, -0.2) is 21.5 Å². The lowest BCUT2D eigenvalue weighted by Crippen LogP contribution is -2.11. The van der Waals surface area contributed by atoms with E-state index in [4.69, 9.17) is 0 Å². The minimum atomic E-state index is 0.555. The second kappa shape index (κ2) is 5.78. The highest BCUT2D eigenvalue weighted by atomic mass is 15.4. The molecule has 0 unspecified atom stereocenters. The molecule has 0 aliphatic rings. The molecule has 4 heteroatoms. The topological polar surface area (TPSA) is 42.7 Å². The Balaban J connectivity index is 2.13. The van der Waals surface area contributed by atoms with E-state index in [9.17, 15) is 0 Å². The Kier molecular flexibility index (Phi) is 4.10. The largest absolute Gasteiger partial charge is 0.311 e. The van der Waals surface area contributed by atoms with Gasteiger partial charge in [-0.15, -0.1) is 5.10 Å². The van der Waals surface area contributed by atoms with Gasteiger partial charge in [-0.2, -0.15) is 0 Å². The minimum absolute atomic E-state index is 0.555. The maximum Gasteiger partial charge on any atom is 0.0969 e. The van der Waals surface area contributed by atoms with Crippen LogP contribution >= 0.6 is 0 Å². The Labute approximate surface area is 108 Å². The van der Waals surface area contributed by atoms with Crippen LogP contribution in [0.1, 0.15) is 37.9 Å². The van der Waals surface area contributed by atoms with E-state index in [-0.39, 0.29) is 0 Å². The molecule has 1 aromatic heterocycles. The highest BCUT2D eigenvalue weighted by Crippen LogP contribution is 2.16. The van der Waals surface area contributed by atoms with Crippen molar-refractivity contribution in [3.8, 4) is 5.69 Å². The van der Waals surface area contributed by atoms with Crippen molar-refractivity contribution >= 4 is 0 Å². The predicted octanol–water partition coefficient (Wildman–Crippen LogP) is 2.50. The molecule has 2 aromatic rings. The number of nitrogens with zero attached hydrogens (tertiary/aromatic N) is 3. The Bertz CT molecular complexity index is 485. The molecule has 0 saturated heterocycles. The molecule has 4 nitrogen and oxygen atoms in total. The van der Waals surface area contributed by atoms with Gasteiger partial charge in [-0.1, -0.05) is 38.1 Å². The molecule has 0 spiro atoms. The lowest BCUT2D eigenvalue weighted by molar-refractivity contribution is 0.705. The summed E-state index contributed by atoms with van der Waals surface area (Å²) < 4.78 is 1.82. The molecule has 18 heavy (non-hydrogen) atoms. The van der Waals surface area contributed by atoms with Gasteiger partial charge in [0.25, 0.3) is 0 Å². The van der Waals surface area contributed by atoms with Crippen molar-refractivity contribution in [2.45, 2.75) is 33.2 Å². The van der Waals surface area contributed by atoms with E-state index < -0.39 is 0 Å². The molecule has 0 aliphatic heterocycles. The smallest absolute Gasteiger partial charge is 0.0969 e. The third-order valence-corrected chi connectivity index (χ3v) is 2.92. The van der Waals surface area contributed by atoms with Crippen molar-refractivity contribution in [3.63, 3.8) is 0 Å². The van der Waals surface area contributed by atoms with Gasteiger partial charge in [0.1, 0.15) is 0 Å². The Hall–Kier alpha value is -1.68. The first-order valence-electron chi connectivity index (χ1n) is 6.43. The summed E-state index contributed by atoms with van der Waals surface area (Å²) in [4.78, 5) is 0. The van der Waals surface area contributed by atoms with E-state index in [0.29, 0.717) is 5.92 Å². The zero-order valence-electron chi connectivity index (χ0n) is 11.2. The lowest BCUT2D eigenvalue weighted by Gasteiger charge is -2.06. The normalized spacial score (nSPS) is 11.1. The highest BCUT2D eigenvalue weighted by molar-refractivity contribution is 5.34. The van der Waals surface area contributed by atoms with E-state index in [1.807, 2.05) is 10.9 Å². The molecule has 1 heterocycles. The van der Waals surface area contributed by atoms with E-state index in [2.05, 4.69) is 60.7 Å². The molecule has 0 amide bonds. The summed E-state index contributed by atoms with van der Waals surface area (Å²) in [7, 11) is 0. The van der Waals surface area contributed by atoms with Crippen LogP contribution < -0.4 is 5.32 Å². The van der Waals surface area contributed by atoms with Gasteiger partial charge in [-0.05, 0) is 30.2 Å². The third-order valence-electron chi connectivity index (χ3n) is 2.92. The average Bonchev–Trinajstić information content (AvgIpc) is 2.85. The van der Waals surface area contributed by atoms with E-state index in [0.717, 1.165) is 24.5 Å². The number of nitrogens with one attached hydrogen (secondary N) is 1. The molecule has 0 radical (unpaired) electrons. The fraction of sp³-hybridized carbons (Fsp3) is 0.429. The molecule has 2 rings (SSSR count). The van der Waals surface area contributed by atoms with Crippen LogP contribution in [0.4, 0.5) is 0 Å². The summed E-state index contributed by atoms with van der Waals surface area (Å²) in [6.45, 7) is 8.17. The quantitative estimate of drug-likeness (QED) is 0.878. The van der Waals surface area contributed by atoms with Gasteiger partial charge < -0.3 is 5.32 Å². The number of aromatic nitrogens is 3. The van der Waals surface area contributed by atoms with Crippen LogP contribution in [0.5, 0.6) is 0 Å². The van der Waals surface area contributed by atoms with Crippen LogP contribution in [0.2, 0.25) is 0 Å². The maximum atomic E-state index is 4.14. The molecule has 0 bridgehead atoms. The standard InChI is InChI=1S/C14H20N4/c1-4-15-9-13-10-18(17-16-13)14-7-5-12(6-8-14)11(2)3/h5-8,10-11,15H,4,9H2,1-3H3. The maximum absolute atomic E-state index is 4.14. The molecule has 0 saturated carbocycles. The van der Waals surface area contributed by atoms with Gasteiger partial charge in [0.2, 0.25) is 0 Å². The fourth-order valence-electron chi connectivity index (χ4n) is 1.77. The van der Waals surface area contributed by atoms with Gasteiger partial charge in [-0.3, -0.25) is 0 Å². The Morgan fingerprint density at radius 2 is 1.94 bits per heavy atom. The summed E-state index contributed by atoms with van der Waals surface area (Å²) in [6.07, 6.45) is 1.97. The summed E-state index contributed by atoms with van der Waals surface area (Å²) in [6, 6.07) is 8.46. The van der Waals surface area contributed by atoms with Gasteiger partial charge in [0, 0.05) is 6.54 Å². The van der Waals surface area contributed by atoms with Crippen molar-refractivity contribution in [1.29, 1.82) is 0 Å². The fourth-order valence-corrected chi connectivity index (χ4v) is 1.77. The SMILES string of the molecule is CCNCc1cn(-c2ccc(C(C)C)cc2)nn1. The molecular weight excluding hydrogens is 224 g/mol. The van der Waals surface area contributed by atoms with Crippen molar-refractivity contribution in [2.75, 3.05) is 6.54 Å². The zero-order valence-corrected chi connectivity index (χ0v) is 11.2. The van der Waals surface area contributed by atoms with Crippen molar-refractivity contribution in [1.82, 2.24) is 20.3 Å². The number of hydrogen-bond donors (Lipinski definition) is 1. The Morgan fingerprint density at radius 1 is 1.22 bits per heavy atom. The van der Waals surface area contributed by atoms with Crippen molar-refractivity contribution < 1.29 is 0 Å². The molecule has 0 aliphatic carbocycles. The summed E-state index contributed by atoms with van der Waals surface area (Å²) in [5.74, 6) is 0.555. The first kappa shape index (κ1) is 12.8. The molecule has 0 atom stereocenters. The summed E-state index contributed by atoms with van der Waals surface area (Å²) >= 11 is 0. The van der Waals surface area contributed by atoms with Crippen molar-refractivity contribution in [2.24, 2.45) is 0 Å². The summed E-state index contributed by atoms with van der Waals surface area (Å²) in [5, 5.41) is 11.5.